The molecule has 3 rings (SSSR count). The monoisotopic (exact) mass is 256 g/mol. The van der Waals surface area contributed by atoms with Crippen LogP contribution in [0, 0.1) is 0 Å². The lowest BCUT2D eigenvalue weighted by atomic mass is 9.82. The van der Waals surface area contributed by atoms with E-state index in [0.29, 0.717) is 5.92 Å². The van der Waals surface area contributed by atoms with Gasteiger partial charge in [0.2, 0.25) is 0 Å². The molecule has 0 unspecified atom stereocenters. The minimum atomic E-state index is -0.120. The molecule has 1 aliphatic carbocycles. The molecular formula is C17H20O2. The van der Waals surface area contributed by atoms with Gasteiger partial charge >= 0.3 is 0 Å². The first-order chi connectivity index (χ1) is 9.26. The largest absolute Gasteiger partial charge is 0.497 e. The first-order valence-electron chi connectivity index (χ1n) is 7.02. The quantitative estimate of drug-likeness (QED) is 0.884. The van der Waals surface area contributed by atoms with Gasteiger partial charge in [0.15, 0.2) is 0 Å². The highest BCUT2D eigenvalue weighted by Crippen LogP contribution is 2.34. The van der Waals surface area contributed by atoms with E-state index in [0.717, 1.165) is 25.0 Å². The van der Waals surface area contributed by atoms with Gasteiger partial charge in [-0.25, -0.2) is 0 Å². The van der Waals surface area contributed by atoms with Gasteiger partial charge in [0, 0.05) is 0 Å². The van der Waals surface area contributed by atoms with Crippen LogP contribution in [-0.4, -0.2) is 18.3 Å². The molecule has 0 spiro atoms. The molecule has 1 N–H and O–H groups in total. The Morgan fingerprint density at radius 3 is 2.63 bits per heavy atom. The Bertz CT molecular complexity index is 576. The van der Waals surface area contributed by atoms with Crippen LogP contribution in [0.2, 0.25) is 0 Å². The van der Waals surface area contributed by atoms with Crippen LogP contribution in [0.25, 0.3) is 10.8 Å². The number of aliphatic hydroxyl groups excluding tert-OH is 1. The third-order valence-corrected chi connectivity index (χ3v) is 4.19. The molecule has 1 fully saturated rings. The van der Waals surface area contributed by atoms with Crippen molar-refractivity contribution >= 4 is 10.8 Å². The molecule has 0 aliphatic heterocycles. The van der Waals surface area contributed by atoms with E-state index in [9.17, 15) is 5.11 Å². The van der Waals surface area contributed by atoms with E-state index >= 15 is 0 Å². The maximum absolute atomic E-state index is 9.81. The minimum absolute atomic E-state index is 0.120. The Labute approximate surface area is 114 Å². The number of rotatable bonds is 2. The van der Waals surface area contributed by atoms with Crippen LogP contribution in [-0.2, 0) is 0 Å². The maximum atomic E-state index is 9.81. The normalized spacial score (nSPS) is 23.5. The number of hydrogen-bond acceptors (Lipinski definition) is 2. The predicted molar refractivity (Wildman–Crippen MR) is 77.7 cm³/mol. The summed E-state index contributed by atoms with van der Waals surface area (Å²) in [6.07, 6.45) is 4.07. The van der Waals surface area contributed by atoms with Crippen molar-refractivity contribution in [3.8, 4) is 5.75 Å². The number of methoxy groups -OCH3 is 1. The van der Waals surface area contributed by atoms with Crippen molar-refractivity contribution < 1.29 is 9.84 Å². The molecule has 1 aliphatic rings. The topological polar surface area (TPSA) is 29.5 Å². The summed E-state index contributed by atoms with van der Waals surface area (Å²) >= 11 is 0. The van der Waals surface area contributed by atoms with E-state index in [1.54, 1.807) is 7.11 Å². The fourth-order valence-electron chi connectivity index (χ4n) is 3.09. The molecule has 0 radical (unpaired) electrons. The molecule has 0 amide bonds. The third-order valence-electron chi connectivity index (χ3n) is 4.19. The second kappa shape index (κ2) is 5.22. The summed E-state index contributed by atoms with van der Waals surface area (Å²) in [7, 11) is 1.69. The zero-order valence-corrected chi connectivity index (χ0v) is 11.3. The van der Waals surface area contributed by atoms with E-state index in [1.165, 1.54) is 22.8 Å². The van der Waals surface area contributed by atoms with Gasteiger partial charge in [0.25, 0.3) is 0 Å². The van der Waals surface area contributed by atoms with Crippen LogP contribution in [0.3, 0.4) is 0 Å². The summed E-state index contributed by atoms with van der Waals surface area (Å²) in [5.41, 5.74) is 1.36. The molecule has 0 bridgehead atoms. The molecule has 2 heteroatoms. The van der Waals surface area contributed by atoms with Crippen molar-refractivity contribution in [1.82, 2.24) is 0 Å². The Kier molecular flexibility index (Phi) is 3.43. The number of hydrogen-bond donors (Lipinski definition) is 1. The molecule has 0 aromatic heterocycles. The summed E-state index contributed by atoms with van der Waals surface area (Å²) in [6.45, 7) is 0. The SMILES string of the molecule is COc1ccc2cc([C@H]3CCC[C@@H](O)C3)ccc2c1. The Morgan fingerprint density at radius 1 is 1.05 bits per heavy atom. The van der Waals surface area contributed by atoms with Gasteiger partial charge < -0.3 is 9.84 Å². The lowest BCUT2D eigenvalue weighted by molar-refractivity contribution is 0.119. The summed E-state index contributed by atoms with van der Waals surface area (Å²) in [5.74, 6) is 1.41. The molecule has 0 heterocycles. The third kappa shape index (κ3) is 2.59. The number of ether oxygens (including phenoxy) is 1. The van der Waals surface area contributed by atoms with E-state index in [1.807, 2.05) is 6.07 Å². The Balaban J connectivity index is 1.93. The van der Waals surface area contributed by atoms with Crippen molar-refractivity contribution in [2.75, 3.05) is 7.11 Å². The highest BCUT2D eigenvalue weighted by atomic mass is 16.5. The molecule has 2 aromatic rings. The molecule has 2 atom stereocenters. The molecular weight excluding hydrogens is 236 g/mol. The van der Waals surface area contributed by atoms with Gasteiger partial charge in [-0.15, -0.1) is 0 Å². The van der Waals surface area contributed by atoms with Crippen LogP contribution >= 0.6 is 0 Å². The van der Waals surface area contributed by atoms with Gasteiger partial charge in [-0.1, -0.05) is 30.7 Å². The van der Waals surface area contributed by atoms with Crippen LogP contribution in [0.5, 0.6) is 5.75 Å². The van der Waals surface area contributed by atoms with Crippen molar-refractivity contribution in [3.63, 3.8) is 0 Å². The highest BCUT2D eigenvalue weighted by Gasteiger charge is 2.21. The minimum Gasteiger partial charge on any atom is -0.497 e. The van der Waals surface area contributed by atoms with Crippen molar-refractivity contribution in [3.05, 3.63) is 42.0 Å². The second-order valence-corrected chi connectivity index (χ2v) is 5.49. The molecule has 19 heavy (non-hydrogen) atoms. The molecule has 100 valence electrons. The standard InChI is InChI=1S/C17H20O2/c1-19-17-8-7-14-9-13(5-6-15(14)11-17)12-3-2-4-16(18)10-12/h5-9,11-12,16,18H,2-4,10H2,1H3/t12-,16+/m0/s1. The Hall–Kier alpha value is -1.54. The number of benzene rings is 2. The van der Waals surface area contributed by atoms with Crippen molar-refractivity contribution in [1.29, 1.82) is 0 Å². The van der Waals surface area contributed by atoms with Gasteiger partial charge in [0.1, 0.15) is 5.75 Å². The Morgan fingerprint density at radius 2 is 1.84 bits per heavy atom. The fraction of sp³-hybridized carbons (Fsp3) is 0.412. The van der Waals surface area contributed by atoms with E-state index in [2.05, 4.69) is 30.3 Å². The van der Waals surface area contributed by atoms with E-state index in [4.69, 9.17) is 4.74 Å². The zero-order chi connectivity index (χ0) is 13.2. The number of aliphatic hydroxyl groups is 1. The van der Waals surface area contributed by atoms with Crippen LogP contribution in [0.1, 0.15) is 37.2 Å². The van der Waals surface area contributed by atoms with Crippen molar-refractivity contribution in [2.24, 2.45) is 0 Å². The van der Waals surface area contributed by atoms with Gasteiger partial charge in [0.05, 0.1) is 13.2 Å². The highest BCUT2D eigenvalue weighted by molar-refractivity contribution is 5.84. The molecule has 2 aromatic carbocycles. The molecule has 0 saturated heterocycles. The van der Waals surface area contributed by atoms with Crippen LogP contribution in [0.15, 0.2) is 36.4 Å². The zero-order valence-electron chi connectivity index (χ0n) is 11.3. The van der Waals surface area contributed by atoms with Crippen molar-refractivity contribution in [2.45, 2.75) is 37.7 Å². The average Bonchev–Trinajstić information content (AvgIpc) is 2.46. The fourth-order valence-corrected chi connectivity index (χ4v) is 3.09. The first-order valence-corrected chi connectivity index (χ1v) is 7.02. The molecule has 2 nitrogen and oxygen atoms in total. The van der Waals surface area contributed by atoms with Gasteiger partial charge in [-0.05, 0) is 53.6 Å². The van der Waals surface area contributed by atoms with E-state index in [-0.39, 0.29) is 6.10 Å². The van der Waals surface area contributed by atoms with Crippen LogP contribution in [0.4, 0.5) is 0 Å². The number of fused-ring (bicyclic) bond motifs is 1. The summed E-state index contributed by atoms with van der Waals surface area (Å²) < 4.78 is 5.25. The summed E-state index contributed by atoms with van der Waals surface area (Å²) in [4.78, 5) is 0. The van der Waals surface area contributed by atoms with Gasteiger partial charge in [-0.3, -0.25) is 0 Å². The maximum Gasteiger partial charge on any atom is 0.119 e. The smallest absolute Gasteiger partial charge is 0.119 e. The van der Waals surface area contributed by atoms with Gasteiger partial charge in [-0.2, -0.15) is 0 Å². The van der Waals surface area contributed by atoms with E-state index < -0.39 is 0 Å². The average molecular weight is 256 g/mol. The lowest BCUT2D eigenvalue weighted by Gasteiger charge is -2.26. The lowest BCUT2D eigenvalue weighted by Crippen LogP contribution is -2.18. The summed E-state index contributed by atoms with van der Waals surface area (Å²) in [5, 5.41) is 12.3. The van der Waals surface area contributed by atoms with Crippen LogP contribution < -0.4 is 4.74 Å². The predicted octanol–water partition coefficient (Wildman–Crippen LogP) is 3.87. The second-order valence-electron chi connectivity index (χ2n) is 5.49. The summed E-state index contributed by atoms with van der Waals surface area (Å²) in [6, 6.07) is 12.8. The molecule has 1 saturated carbocycles. The first kappa shape index (κ1) is 12.5.